The largest absolute Gasteiger partial charge is 0.506 e. The molecule has 0 aliphatic heterocycles. The van der Waals surface area contributed by atoms with E-state index >= 15 is 0 Å². The third-order valence-electron chi connectivity index (χ3n) is 5.89. The van der Waals surface area contributed by atoms with Gasteiger partial charge in [-0.15, -0.1) is 0 Å². The Kier molecular flexibility index (Phi) is 13.1. The third kappa shape index (κ3) is 10.4. The number of carbonyl (C=O) groups is 2. The molecule has 2 rings (SSSR count). The number of aliphatic hydroxyl groups excluding tert-OH is 2. The monoisotopic (exact) mass is 532 g/mol. The van der Waals surface area contributed by atoms with Crippen LogP contribution in [0.25, 0.3) is 0 Å². The van der Waals surface area contributed by atoms with E-state index in [1.807, 2.05) is 0 Å². The van der Waals surface area contributed by atoms with Gasteiger partial charge in [0.2, 0.25) is 0 Å². The number of aliphatic hydroxyl groups is 2. The van der Waals surface area contributed by atoms with E-state index in [1.165, 1.54) is 26.2 Å². The van der Waals surface area contributed by atoms with E-state index in [-0.39, 0.29) is 22.9 Å². The summed E-state index contributed by atoms with van der Waals surface area (Å²) >= 11 is 0. The van der Waals surface area contributed by atoms with Gasteiger partial charge in [0.1, 0.15) is 11.5 Å². The Morgan fingerprint density at radius 3 is 1.45 bits per heavy atom. The van der Waals surface area contributed by atoms with Crippen LogP contribution in [-0.2, 0) is 0 Å². The van der Waals surface area contributed by atoms with Crippen LogP contribution in [0.3, 0.4) is 0 Å². The van der Waals surface area contributed by atoms with Crippen molar-refractivity contribution in [1.82, 2.24) is 21.3 Å². The molecule has 0 saturated heterocycles. The Morgan fingerprint density at radius 2 is 1.08 bits per heavy atom. The van der Waals surface area contributed by atoms with Crippen molar-refractivity contribution in [3.8, 4) is 11.5 Å². The van der Waals surface area contributed by atoms with Gasteiger partial charge in [0.15, 0.2) is 0 Å². The minimum absolute atomic E-state index is 0.0776. The molecule has 38 heavy (non-hydrogen) atoms. The minimum Gasteiger partial charge on any atom is -0.506 e. The van der Waals surface area contributed by atoms with E-state index in [9.17, 15) is 30.0 Å². The number of carbonyl (C=O) groups excluding carboxylic acids is 2. The van der Waals surface area contributed by atoms with Crippen molar-refractivity contribution in [2.45, 2.75) is 37.9 Å². The van der Waals surface area contributed by atoms with Crippen molar-refractivity contribution in [2.24, 2.45) is 0 Å². The van der Waals surface area contributed by atoms with E-state index in [0.29, 0.717) is 24.2 Å². The maximum Gasteiger partial charge on any atom is 0.319 e. The molecule has 2 atom stereocenters. The molecule has 0 fully saturated rings. The quantitative estimate of drug-likeness (QED) is 0.122. The van der Waals surface area contributed by atoms with Gasteiger partial charge in [-0.05, 0) is 61.3 Å². The predicted molar refractivity (Wildman–Crippen MR) is 146 cm³/mol. The van der Waals surface area contributed by atoms with Crippen LogP contribution in [0, 0.1) is 0 Å². The first-order chi connectivity index (χ1) is 18.2. The van der Waals surface area contributed by atoms with Crippen molar-refractivity contribution < 1.29 is 30.0 Å². The average molecular weight is 533 g/mol. The lowest BCUT2D eigenvalue weighted by molar-refractivity contribution is 0.174. The molecule has 210 valence electrons. The molecular weight excluding hydrogens is 492 g/mol. The normalized spacial score (nSPS) is 12.4. The number of phenolic OH excluding ortho intramolecular Hbond substituents is 2. The first-order valence-electron chi connectivity index (χ1n) is 12.7. The first kappa shape index (κ1) is 30.6. The van der Waals surface area contributed by atoms with E-state index in [0.717, 1.165) is 38.8 Å². The maximum atomic E-state index is 11.5. The molecule has 2 aromatic carbocycles. The van der Waals surface area contributed by atoms with Gasteiger partial charge >= 0.3 is 12.1 Å². The SMILES string of the molecule is CNC(=O)Nc1cc(C(O)CNCCCCCCNCC(O)c2ccc(O)c(NC(=O)NC)c2)ccc1O. The Bertz CT molecular complexity index is 956. The summed E-state index contributed by atoms with van der Waals surface area (Å²) in [4.78, 5) is 22.9. The molecule has 2 unspecified atom stereocenters. The van der Waals surface area contributed by atoms with Gasteiger partial charge in [-0.25, -0.2) is 9.59 Å². The number of nitrogens with one attached hydrogen (secondary N) is 6. The highest BCUT2D eigenvalue weighted by Crippen LogP contribution is 2.28. The summed E-state index contributed by atoms with van der Waals surface area (Å²) in [5.74, 6) is -0.155. The lowest BCUT2D eigenvalue weighted by Crippen LogP contribution is -2.25. The Balaban J connectivity index is 1.58. The summed E-state index contributed by atoms with van der Waals surface area (Å²) < 4.78 is 0. The zero-order valence-electron chi connectivity index (χ0n) is 21.9. The topological polar surface area (TPSA) is 187 Å². The van der Waals surface area contributed by atoms with Crippen LogP contribution >= 0.6 is 0 Å². The van der Waals surface area contributed by atoms with Crippen molar-refractivity contribution in [1.29, 1.82) is 0 Å². The average Bonchev–Trinajstić information content (AvgIpc) is 2.91. The Labute approximate surface area is 222 Å². The Morgan fingerprint density at radius 1 is 0.684 bits per heavy atom. The van der Waals surface area contributed by atoms with Gasteiger partial charge in [-0.2, -0.15) is 0 Å². The molecule has 0 spiro atoms. The molecule has 10 N–H and O–H groups in total. The number of aromatic hydroxyl groups is 2. The number of benzene rings is 2. The van der Waals surface area contributed by atoms with Crippen LogP contribution < -0.4 is 31.9 Å². The number of urea groups is 2. The first-order valence-corrected chi connectivity index (χ1v) is 12.7. The van der Waals surface area contributed by atoms with Gasteiger partial charge in [-0.1, -0.05) is 25.0 Å². The van der Waals surface area contributed by atoms with Crippen LogP contribution in [0.15, 0.2) is 36.4 Å². The number of anilines is 2. The van der Waals surface area contributed by atoms with Crippen LogP contribution in [0.5, 0.6) is 11.5 Å². The summed E-state index contributed by atoms with van der Waals surface area (Å²) in [7, 11) is 2.95. The standard InChI is InChI=1S/C26H40N6O6/c1-27-25(37)31-19-13-17(7-9-21(19)33)23(35)15-29-11-5-3-4-6-12-30-16-24(36)18-8-10-22(34)20(14-18)32-26(38)28-2/h7-10,13-14,23-24,29-30,33-36H,3-6,11-12,15-16H2,1-2H3,(H2,27,31,37)(H2,28,32,38). The van der Waals surface area contributed by atoms with E-state index in [2.05, 4.69) is 31.9 Å². The Hall–Kier alpha value is -3.58. The minimum atomic E-state index is -0.777. The van der Waals surface area contributed by atoms with Gasteiger partial charge in [0.25, 0.3) is 0 Å². The van der Waals surface area contributed by atoms with Crippen molar-refractivity contribution in [3.63, 3.8) is 0 Å². The fourth-order valence-electron chi connectivity index (χ4n) is 3.66. The summed E-state index contributed by atoms with van der Waals surface area (Å²) in [6.07, 6.45) is 2.37. The second kappa shape index (κ2) is 16.3. The summed E-state index contributed by atoms with van der Waals surface area (Å²) in [6.45, 7) is 2.19. The molecule has 0 aliphatic carbocycles. The zero-order valence-corrected chi connectivity index (χ0v) is 21.9. The molecule has 0 heterocycles. The van der Waals surface area contributed by atoms with Gasteiger partial charge in [0, 0.05) is 27.2 Å². The van der Waals surface area contributed by atoms with E-state index < -0.39 is 24.3 Å². The fourth-order valence-corrected chi connectivity index (χ4v) is 3.66. The molecule has 0 saturated carbocycles. The summed E-state index contributed by atoms with van der Waals surface area (Å²) in [5, 5.41) is 56.8. The fraction of sp³-hybridized carbons (Fsp3) is 0.462. The zero-order chi connectivity index (χ0) is 27.9. The smallest absolute Gasteiger partial charge is 0.319 e. The third-order valence-corrected chi connectivity index (χ3v) is 5.89. The maximum absolute atomic E-state index is 11.5. The molecule has 4 amide bonds. The lowest BCUT2D eigenvalue weighted by Gasteiger charge is -2.15. The number of amides is 4. The highest BCUT2D eigenvalue weighted by atomic mass is 16.3. The van der Waals surface area contributed by atoms with Crippen LogP contribution in [0.2, 0.25) is 0 Å². The number of phenols is 2. The molecule has 12 nitrogen and oxygen atoms in total. The van der Waals surface area contributed by atoms with Crippen LogP contribution in [0.1, 0.15) is 49.0 Å². The van der Waals surface area contributed by atoms with Crippen LogP contribution in [0.4, 0.5) is 21.0 Å². The number of unbranched alkanes of at least 4 members (excludes halogenated alkanes) is 3. The number of hydrogen-bond acceptors (Lipinski definition) is 8. The highest BCUT2D eigenvalue weighted by molar-refractivity contribution is 5.91. The molecule has 12 heteroatoms. The summed E-state index contributed by atoms with van der Waals surface area (Å²) in [5.41, 5.74) is 1.63. The van der Waals surface area contributed by atoms with Crippen molar-refractivity contribution >= 4 is 23.4 Å². The van der Waals surface area contributed by atoms with Gasteiger partial charge in [-0.3, -0.25) is 0 Å². The molecular formula is C26H40N6O6. The van der Waals surface area contributed by atoms with Gasteiger partial charge < -0.3 is 52.3 Å². The van der Waals surface area contributed by atoms with E-state index in [1.54, 1.807) is 24.3 Å². The molecule has 0 aromatic heterocycles. The molecule has 0 bridgehead atoms. The van der Waals surface area contributed by atoms with Gasteiger partial charge in [0.05, 0.1) is 23.6 Å². The summed E-state index contributed by atoms with van der Waals surface area (Å²) in [6, 6.07) is 8.27. The number of hydrogen-bond donors (Lipinski definition) is 10. The molecule has 0 radical (unpaired) electrons. The van der Waals surface area contributed by atoms with Crippen molar-refractivity contribution in [3.05, 3.63) is 47.5 Å². The van der Waals surface area contributed by atoms with Crippen LogP contribution in [-0.4, -0.2) is 72.8 Å². The second-order valence-electron chi connectivity index (χ2n) is 8.82. The van der Waals surface area contributed by atoms with E-state index in [4.69, 9.17) is 0 Å². The molecule has 2 aromatic rings. The highest BCUT2D eigenvalue weighted by Gasteiger charge is 2.13. The second-order valence-corrected chi connectivity index (χ2v) is 8.82. The van der Waals surface area contributed by atoms with Crippen molar-refractivity contribution in [2.75, 3.05) is 50.9 Å². The predicted octanol–water partition coefficient (Wildman–Crippen LogP) is 2.11. The molecule has 0 aliphatic rings. The number of rotatable bonds is 15. The lowest BCUT2D eigenvalue weighted by atomic mass is 10.1.